The molecule has 0 saturated carbocycles. The molecule has 0 aliphatic rings. The molecule has 1 atom stereocenters. The Labute approximate surface area is 148 Å². The average molecular weight is 338 g/mol. The van der Waals surface area contributed by atoms with Crippen LogP contribution in [0.5, 0.6) is 5.75 Å². The largest absolute Gasteiger partial charge is 0.548 e. The first kappa shape index (κ1) is 18.7. The Morgan fingerprint density at radius 2 is 1.60 bits per heavy atom. The van der Waals surface area contributed by atoms with Crippen molar-refractivity contribution in [1.82, 2.24) is 0 Å². The Hall–Kier alpha value is -2.59. The third-order valence-electron chi connectivity index (χ3n) is 4.17. The second-order valence-corrected chi connectivity index (χ2v) is 6.28. The molecular weight excluding hydrogens is 314 g/mol. The molecule has 0 heterocycles. The number of carboxylic acid groups (broad SMARTS) is 1. The lowest BCUT2D eigenvalue weighted by Crippen LogP contribution is -2.41. The minimum atomic E-state index is -1.25. The van der Waals surface area contributed by atoms with E-state index in [4.69, 9.17) is 10.5 Å². The van der Waals surface area contributed by atoms with Gasteiger partial charge in [-0.3, -0.25) is 0 Å². The molecule has 2 rings (SSSR count). The topological polar surface area (TPSA) is 75.4 Å². The lowest BCUT2D eigenvalue weighted by Gasteiger charge is -2.14. The van der Waals surface area contributed by atoms with Gasteiger partial charge in [0.2, 0.25) is 0 Å². The zero-order valence-corrected chi connectivity index (χ0v) is 14.9. The number of hydrogen-bond donors (Lipinski definition) is 1. The van der Waals surface area contributed by atoms with Gasteiger partial charge in [0.15, 0.2) is 0 Å². The molecule has 0 aliphatic heterocycles. The fourth-order valence-electron chi connectivity index (χ4n) is 2.56. The lowest BCUT2D eigenvalue weighted by molar-refractivity contribution is -0.307. The van der Waals surface area contributed by atoms with Crippen molar-refractivity contribution in [2.75, 3.05) is 7.11 Å². The van der Waals surface area contributed by atoms with Gasteiger partial charge < -0.3 is 20.4 Å². The van der Waals surface area contributed by atoms with Gasteiger partial charge in [0.25, 0.3) is 0 Å². The van der Waals surface area contributed by atoms with E-state index >= 15 is 0 Å². The normalized spacial score (nSPS) is 12.9. The molecule has 2 N–H and O–H groups in total. The maximum Gasteiger partial charge on any atom is 0.118 e. The predicted octanol–water partition coefficient (Wildman–Crippen LogP) is 2.72. The summed E-state index contributed by atoms with van der Waals surface area (Å²) >= 11 is 0. The highest BCUT2D eigenvalue weighted by Crippen LogP contribution is 2.27. The van der Waals surface area contributed by atoms with Crippen LogP contribution in [-0.4, -0.2) is 19.1 Å². The monoisotopic (exact) mass is 338 g/mol. The van der Waals surface area contributed by atoms with Crippen LogP contribution >= 0.6 is 0 Å². The van der Waals surface area contributed by atoms with Gasteiger partial charge in [0.05, 0.1) is 13.1 Å². The maximum atomic E-state index is 10.9. The Bertz CT molecular complexity index is 731. The number of methoxy groups -OCH3 is 1. The Morgan fingerprint density at radius 3 is 2.04 bits per heavy atom. The van der Waals surface area contributed by atoms with Gasteiger partial charge in [0, 0.05) is 6.04 Å². The molecule has 0 fully saturated rings. The molecule has 2 aromatic rings. The minimum Gasteiger partial charge on any atom is -0.548 e. The molecule has 0 bridgehead atoms. The first-order chi connectivity index (χ1) is 11.9. The Morgan fingerprint density at radius 1 is 1.08 bits per heavy atom. The first-order valence-corrected chi connectivity index (χ1v) is 8.33. The summed E-state index contributed by atoms with van der Waals surface area (Å²) in [6.45, 7) is 4.29. The third kappa shape index (κ3) is 4.94. The summed E-state index contributed by atoms with van der Waals surface area (Å²) in [5, 5.41) is 10.9. The number of carboxylic acids is 1. The van der Waals surface area contributed by atoms with Crippen molar-refractivity contribution in [3.05, 3.63) is 71.3 Å². The van der Waals surface area contributed by atoms with Crippen LogP contribution in [0.15, 0.2) is 54.6 Å². The molecule has 0 aromatic heterocycles. The van der Waals surface area contributed by atoms with Crippen LogP contribution in [0, 0.1) is 0 Å². The van der Waals surface area contributed by atoms with Crippen molar-refractivity contribution in [2.45, 2.75) is 32.2 Å². The van der Waals surface area contributed by atoms with Crippen LogP contribution in [0.2, 0.25) is 0 Å². The van der Waals surface area contributed by atoms with E-state index in [9.17, 15) is 9.90 Å². The quantitative estimate of drug-likeness (QED) is 0.842. The molecule has 0 amide bonds. The molecule has 0 spiro atoms. The molecule has 0 aliphatic carbocycles. The van der Waals surface area contributed by atoms with Crippen molar-refractivity contribution in [3.63, 3.8) is 0 Å². The average Bonchev–Trinajstić information content (AvgIpc) is 2.62. The van der Waals surface area contributed by atoms with Crippen molar-refractivity contribution < 1.29 is 14.6 Å². The van der Waals surface area contributed by atoms with E-state index in [1.165, 1.54) is 5.56 Å². The van der Waals surface area contributed by atoms with E-state index in [0.29, 0.717) is 5.92 Å². The second-order valence-electron chi connectivity index (χ2n) is 6.28. The summed E-state index contributed by atoms with van der Waals surface area (Å²) in [5.41, 5.74) is 9.79. The fourth-order valence-corrected chi connectivity index (χ4v) is 2.56. The van der Waals surface area contributed by atoms with E-state index < -0.39 is 12.0 Å². The van der Waals surface area contributed by atoms with E-state index in [-0.39, 0.29) is 6.42 Å². The van der Waals surface area contributed by atoms with E-state index in [0.717, 1.165) is 22.4 Å². The van der Waals surface area contributed by atoms with Crippen molar-refractivity contribution in [3.8, 4) is 5.75 Å². The van der Waals surface area contributed by atoms with Crippen molar-refractivity contribution >= 4 is 11.5 Å². The number of benzene rings is 2. The number of carbonyl (C=O) groups is 1. The summed E-state index contributed by atoms with van der Waals surface area (Å²) < 4.78 is 5.20. The molecular formula is C21H24NO3-. The number of ether oxygens (including phenoxy) is 1. The number of aliphatic carboxylic acids is 1. The molecule has 0 radical (unpaired) electrons. The van der Waals surface area contributed by atoms with Crippen LogP contribution in [0.25, 0.3) is 5.57 Å². The maximum absolute atomic E-state index is 10.9. The van der Waals surface area contributed by atoms with Crippen LogP contribution < -0.4 is 15.6 Å². The van der Waals surface area contributed by atoms with E-state index in [2.05, 4.69) is 38.1 Å². The summed E-state index contributed by atoms with van der Waals surface area (Å²) in [6, 6.07) is 14.9. The molecule has 0 saturated heterocycles. The van der Waals surface area contributed by atoms with E-state index in [1.54, 1.807) is 7.11 Å². The fraction of sp³-hybridized carbons (Fsp3) is 0.286. The standard InChI is InChI=1S/C21H25NO3/c1-14(2)15-4-6-16(7-5-15)19(12-13-20(22)21(23)24)17-8-10-18(25-3)11-9-17/h4-12,14,20H,13,22H2,1-3H3,(H,23,24)/p-1/b19-12+. The molecule has 25 heavy (non-hydrogen) atoms. The van der Waals surface area contributed by atoms with E-state index in [1.807, 2.05) is 30.3 Å². The second kappa shape index (κ2) is 8.49. The summed E-state index contributed by atoms with van der Waals surface area (Å²) in [6.07, 6.45) is 2.06. The summed E-state index contributed by atoms with van der Waals surface area (Å²) in [5.74, 6) is -0.0286. The number of hydrogen-bond acceptors (Lipinski definition) is 4. The van der Waals surface area contributed by atoms with Gasteiger partial charge in [-0.2, -0.15) is 0 Å². The van der Waals surface area contributed by atoms with Gasteiger partial charge in [-0.1, -0.05) is 56.3 Å². The minimum absolute atomic E-state index is 0.204. The molecule has 2 aromatic carbocycles. The zero-order valence-electron chi connectivity index (χ0n) is 14.9. The summed E-state index contributed by atoms with van der Waals surface area (Å²) in [4.78, 5) is 10.9. The van der Waals surface area contributed by atoms with Gasteiger partial charge >= 0.3 is 0 Å². The van der Waals surface area contributed by atoms with Gasteiger partial charge in [0.1, 0.15) is 5.75 Å². The Balaban J connectivity index is 2.39. The van der Waals surface area contributed by atoms with Crippen LogP contribution in [0.3, 0.4) is 0 Å². The third-order valence-corrected chi connectivity index (χ3v) is 4.17. The number of carbonyl (C=O) groups excluding carboxylic acids is 1. The molecule has 1 unspecified atom stereocenters. The summed E-state index contributed by atoms with van der Waals surface area (Å²) in [7, 11) is 1.62. The molecule has 4 nitrogen and oxygen atoms in total. The van der Waals surface area contributed by atoms with Gasteiger partial charge in [-0.25, -0.2) is 0 Å². The predicted molar refractivity (Wildman–Crippen MR) is 98.2 cm³/mol. The van der Waals surface area contributed by atoms with Gasteiger partial charge in [-0.15, -0.1) is 0 Å². The molecule has 4 heteroatoms. The van der Waals surface area contributed by atoms with Gasteiger partial charge in [-0.05, 0) is 46.7 Å². The lowest BCUT2D eigenvalue weighted by atomic mass is 9.93. The highest BCUT2D eigenvalue weighted by atomic mass is 16.5. The highest BCUT2D eigenvalue weighted by molar-refractivity contribution is 5.81. The van der Waals surface area contributed by atoms with Crippen LogP contribution in [-0.2, 0) is 4.79 Å². The SMILES string of the molecule is COc1ccc(/C(=C/CC(N)C(=O)[O-])c2ccc(C(C)C)cc2)cc1. The number of rotatable bonds is 7. The molecule has 132 valence electrons. The first-order valence-electron chi connectivity index (χ1n) is 8.33. The Kier molecular flexibility index (Phi) is 6.37. The van der Waals surface area contributed by atoms with Crippen LogP contribution in [0.4, 0.5) is 0 Å². The van der Waals surface area contributed by atoms with Crippen LogP contribution in [0.1, 0.15) is 42.9 Å². The highest BCUT2D eigenvalue weighted by Gasteiger charge is 2.09. The number of nitrogens with two attached hydrogens (primary N) is 1. The van der Waals surface area contributed by atoms with Crippen molar-refractivity contribution in [1.29, 1.82) is 0 Å². The zero-order chi connectivity index (χ0) is 18.4. The van der Waals surface area contributed by atoms with Crippen molar-refractivity contribution in [2.24, 2.45) is 5.73 Å². The smallest absolute Gasteiger partial charge is 0.118 e.